The molecule has 0 saturated heterocycles. The fourth-order valence-electron chi connectivity index (χ4n) is 1.56. The maximum absolute atomic E-state index is 13.1. The Bertz CT molecular complexity index is 607. The van der Waals surface area contributed by atoms with Crippen LogP contribution in [0.25, 0.3) is 0 Å². The van der Waals surface area contributed by atoms with Crippen molar-refractivity contribution in [1.82, 2.24) is 15.5 Å². The third kappa shape index (κ3) is 4.78. The Morgan fingerprint density at radius 1 is 1.10 bits per heavy atom. The molecule has 2 rings (SSSR count). The lowest BCUT2D eigenvalue weighted by atomic mass is 10.1. The molecular weight excluding hydrogens is 278 g/mol. The lowest BCUT2D eigenvalue weighted by Crippen LogP contribution is -2.35. The minimum absolute atomic E-state index is 0.0479. The molecule has 0 aliphatic rings. The Kier molecular flexibility index (Phi) is 4.52. The molecule has 0 bridgehead atoms. The van der Waals surface area contributed by atoms with Crippen molar-refractivity contribution in [3.63, 3.8) is 0 Å². The minimum atomic E-state index is -0.880. The number of aromatic nitrogens is 2. The van der Waals surface area contributed by atoms with Crippen LogP contribution in [0.4, 0.5) is 14.8 Å². The summed E-state index contributed by atoms with van der Waals surface area (Å²) in [6.07, 6.45) is 0. The zero-order chi connectivity index (χ0) is 15.5. The second-order valence-corrected chi connectivity index (χ2v) is 5.71. The summed E-state index contributed by atoms with van der Waals surface area (Å²) in [4.78, 5) is 0. The maximum Gasteiger partial charge on any atom is 0.315 e. The molecule has 21 heavy (non-hydrogen) atoms. The van der Waals surface area contributed by atoms with Gasteiger partial charge in [-0.15, -0.1) is 5.10 Å². The summed E-state index contributed by atoms with van der Waals surface area (Å²) in [5.74, 6) is -1.29. The molecule has 0 atom stereocenters. The van der Waals surface area contributed by atoms with Crippen LogP contribution in [0, 0.1) is 11.6 Å². The molecule has 2 aromatic rings. The molecule has 2 N–H and O–H groups in total. The highest BCUT2D eigenvalue weighted by Crippen LogP contribution is 2.12. The second kappa shape index (κ2) is 6.17. The van der Waals surface area contributed by atoms with Crippen molar-refractivity contribution in [2.45, 2.75) is 39.4 Å². The monoisotopic (exact) mass is 296 g/mol. The fraction of sp³-hybridized carbons (Fsp3) is 0.429. The van der Waals surface area contributed by atoms with Crippen molar-refractivity contribution >= 4 is 6.01 Å². The molecule has 0 unspecified atom stereocenters. The van der Waals surface area contributed by atoms with E-state index in [2.05, 4.69) is 20.8 Å². The van der Waals surface area contributed by atoms with Crippen molar-refractivity contribution in [3.05, 3.63) is 41.3 Å². The van der Waals surface area contributed by atoms with E-state index in [4.69, 9.17) is 4.42 Å². The zero-order valence-corrected chi connectivity index (χ0v) is 12.2. The molecular formula is C14H18F2N4O. The summed E-state index contributed by atoms with van der Waals surface area (Å²) >= 11 is 0. The summed E-state index contributed by atoms with van der Waals surface area (Å²) in [6, 6.07) is 3.94. The smallest absolute Gasteiger partial charge is 0.315 e. The average Bonchev–Trinajstić information content (AvgIpc) is 2.85. The molecule has 0 amide bonds. The van der Waals surface area contributed by atoms with Gasteiger partial charge in [0.05, 0.1) is 6.54 Å². The largest absolute Gasteiger partial charge is 0.407 e. The van der Waals surface area contributed by atoms with Crippen LogP contribution in [0.5, 0.6) is 0 Å². The Hall–Kier alpha value is -2.02. The van der Waals surface area contributed by atoms with Crippen LogP contribution in [-0.2, 0) is 13.1 Å². The van der Waals surface area contributed by atoms with Crippen molar-refractivity contribution in [2.75, 3.05) is 5.32 Å². The summed E-state index contributed by atoms with van der Waals surface area (Å²) in [5, 5.41) is 13.8. The summed E-state index contributed by atoms with van der Waals surface area (Å²) in [6.45, 7) is 6.83. The van der Waals surface area contributed by atoms with Crippen LogP contribution in [0.1, 0.15) is 32.2 Å². The van der Waals surface area contributed by atoms with Crippen LogP contribution < -0.4 is 10.6 Å². The van der Waals surface area contributed by atoms with Crippen LogP contribution in [0.15, 0.2) is 22.6 Å². The quantitative estimate of drug-likeness (QED) is 0.888. The van der Waals surface area contributed by atoms with Crippen LogP contribution >= 0.6 is 0 Å². The third-order valence-electron chi connectivity index (χ3n) is 2.66. The Balaban J connectivity index is 1.89. The minimum Gasteiger partial charge on any atom is -0.407 e. The highest BCUT2D eigenvalue weighted by Gasteiger charge is 2.12. The Labute approximate surface area is 121 Å². The van der Waals surface area contributed by atoms with Crippen LogP contribution in [0.3, 0.4) is 0 Å². The predicted octanol–water partition coefficient (Wildman–Crippen LogP) is 2.85. The zero-order valence-electron chi connectivity index (χ0n) is 12.2. The van der Waals surface area contributed by atoms with E-state index in [1.165, 1.54) is 6.07 Å². The second-order valence-electron chi connectivity index (χ2n) is 5.71. The lowest BCUT2D eigenvalue weighted by molar-refractivity contribution is 0.383. The molecule has 1 heterocycles. The van der Waals surface area contributed by atoms with E-state index in [1.807, 2.05) is 20.8 Å². The highest BCUT2D eigenvalue weighted by molar-refractivity contribution is 5.24. The van der Waals surface area contributed by atoms with Gasteiger partial charge in [0.1, 0.15) is 0 Å². The van der Waals surface area contributed by atoms with Gasteiger partial charge < -0.3 is 15.1 Å². The van der Waals surface area contributed by atoms with E-state index in [0.717, 1.165) is 12.1 Å². The Morgan fingerprint density at radius 3 is 2.52 bits per heavy atom. The van der Waals surface area contributed by atoms with Gasteiger partial charge in [0.25, 0.3) is 0 Å². The van der Waals surface area contributed by atoms with Gasteiger partial charge in [-0.1, -0.05) is 11.2 Å². The number of halogens is 2. The highest BCUT2D eigenvalue weighted by atomic mass is 19.2. The molecule has 0 fully saturated rings. The molecule has 114 valence electrons. The van der Waals surface area contributed by atoms with Gasteiger partial charge in [0.2, 0.25) is 5.89 Å². The molecule has 0 radical (unpaired) electrons. The van der Waals surface area contributed by atoms with E-state index >= 15 is 0 Å². The van der Waals surface area contributed by atoms with Crippen molar-refractivity contribution in [3.8, 4) is 0 Å². The van der Waals surface area contributed by atoms with E-state index in [1.54, 1.807) is 0 Å². The number of hydrogen-bond donors (Lipinski definition) is 2. The molecule has 0 saturated carbocycles. The van der Waals surface area contributed by atoms with Crippen LogP contribution in [-0.4, -0.2) is 15.7 Å². The van der Waals surface area contributed by atoms with Crippen molar-refractivity contribution in [2.24, 2.45) is 0 Å². The first-order valence-corrected chi connectivity index (χ1v) is 6.59. The van der Waals surface area contributed by atoms with E-state index in [9.17, 15) is 8.78 Å². The molecule has 0 spiro atoms. The SMILES string of the molecule is CC(C)(C)NCc1nnc(NCc2ccc(F)c(F)c2)o1. The van der Waals surface area contributed by atoms with Crippen molar-refractivity contribution < 1.29 is 13.2 Å². The molecule has 0 aliphatic carbocycles. The average molecular weight is 296 g/mol. The van der Waals surface area contributed by atoms with Gasteiger partial charge in [-0.2, -0.15) is 0 Å². The first-order valence-electron chi connectivity index (χ1n) is 6.59. The van der Waals surface area contributed by atoms with Gasteiger partial charge >= 0.3 is 6.01 Å². The Morgan fingerprint density at radius 2 is 1.86 bits per heavy atom. The standard InChI is InChI=1S/C14H18F2N4O/c1-14(2,3)18-8-12-19-20-13(21-12)17-7-9-4-5-10(15)11(16)6-9/h4-6,18H,7-8H2,1-3H3,(H,17,20). The van der Waals surface area contributed by atoms with Gasteiger partial charge in [-0.05, 0) is 38.5 Å². The molecule has 1 aromatic heterocycles. The summed E-state index contributed by atoms with van der Waals surface area (Å²) in [5.41, 5.74) is 0.537. The first kappa shape index (κ1) is 15.4. The molecule has 5 nitrogen and oxygen atoms in total. The van der Waals surface area contributed by atoms with Gasteiger partial charge in [0.15, 0.2) is 11.6 Å². The normalized spacial score (nSPS) is 11.7. The van der Waals surface area contributed by atoms with Crippen molar-refractivity contribution in [1.29, 1.82) is 0 Å². The van der Waals surface area contributed by atoms with E-state index in [0.29, 0.717) is 18.0 Å². The maximum atomic E-state index is 13.1. The van der Waals surface area contributed by atoms with Gasteiger partial charge in [-0.25, -0.2) is 8.78 Å². The number of anilines is 1. The lowest BCUT2D eigenvalue weighted by Gasteiger charge is -2.18. The first-order chi connectivity index (χ1) is 9.83. The van der Waals surface area contributed by atoms with Gasteiger partial charge in [-0.3, -0.25) is 0 Å². The number of nitrogens with zero attached hydrogens (tertiary/aromatic N) is 2. The number of benzene rings is 1. The predicted molar refractivity (Wildman–Crippen MR) is 74.6 cm³/mol. The van der Waals surface area contributed by atoms with E-state index in [-0.39, 0.29) is 18.1 Å². The number of rotatable bonds is 5. The van der Waals surface area contributed by atoms with Gasteiger partial charge in [0, 0.05) is 12.1 Å². The molecule has 1 aromatic carbocycles. The topological polar surface area (TPSA) is 63.0 Å². The fourth-order valence-corrected chi connectivity index (χ4v) is 1.56. The van der Waals surface area contributed by atoms with E-state index < -0.39 is 11.6 Å². The summed E-state index contributed by atoms with van der Waals surface area (Å²) in [7, 11) is 0. The third-order valence-corrected chi connectivity index (χ3v) is 2.66. The summed E-state index contributed by atoms with van der Waals surface area (Å²) < 4.78 is 31.3. The number of hydrogen-bond acceptors (Lipinski definition) is 5. The number of nitrogens with one attached hydrogen (secondary N) is 2. The molecule has 0 aliphatic heterocycles. The molecule has 7 heteroatoms. The van der Waals surface area contributed by atoms with Crippen LogP contribution in [0.2, 0.25) is 0 Å².